The molecule has 0 atom stereocenters. The molecule has 10 heteroatoms. The summed E-state index contributed by atoms with van der Waals surface area (Å²) in [5, 5.41) is 17.3. The highest BCUT2D eigenvalue weighted by Crippen LogP contribution is 2.33. The predicted molar refractivity (Wildman–Crippen MR) is 70.4 cm³/mol. The third-order valence-electron chi connectivity index (χ3n) is 2.85. The quantitative estimate of drug-likeness (QED) is 0.643. The monoisotopic (exact) mass is 332 g/mol. The number of hydrogen-bond acceptors (Lipinski definition) is 4. The molecule has 0 unspecified atom stereocenters. The molecule has 2 N–H and O–H groups in total. The van der Waals surface area contributed by atoms with Crippen molar-refractivity contribution in [2.24, 2.45) is 0 Å². The number of nitrogens with zero attached hydrogens (tertiary/aromatic N) is 3. The normalized spacial score (nSPS) is 11.5. The Balaban J connectivity index is 2.46. The van der Waals surface area contributed by atoms with Crippen LogP contribution in [0.1, 0.15) is 22.6 Å². The van der Waals surface area contributed by atoms with Gasteiger partial charge in [-0.05, 0) is 18.6 Å². The van der Waals surface area contributed by atoms with E-state index >= 15 is 0 Å². The number of hydrogen-bond donors (Lipinski definition) is 2. The summed E-state index contributed by atoms with van der Waals surface area (Å²) in [6.07, 6.45) is -4.79. The van der Waals surface area contributed by atoms with Gasteiger partial charge in [0.15, 0.2) is 11.4 Å². The zero-order valence-corrected chi connectivity index (χ0v) is 11.6. The van der Waals surface area contributed by atoms with E-state index < -0.39 is 35.0 Å². The van der Waals surface area contributed by atoms with Crippen LogP contribution in [0.4, 0.5) is 17.6 Å². The van der Waals surface area contributed by atoms with Crippen LogP contribution in [0.25, 0.3) is 5.69 Å². The number of carbonyl (C=O) groups is 1. The number of alkyl halides is 3. The van der Waals surface area contributed by atoms with Crippen LogP contribution in [0.2, 0.25) is 0 Å². The van der Waals surface area contributed by atoms with Crippen molar-refractivity contribution >= 4 is 5.91 Å². The van der Waals surface area contributed by atoms with Gasteiger partial charge in [-0.1, -0.05) is 17.3 Å². The molecule has 6 nitrogen and oxygen atoms in total. The Kier molecular flexibility index (Phi) is 4.94. The predicted octanol–water partition coefficient (Wildman–Crippen LogP) is 1.54. The van der Waals surface area contributed by atoms with E-state index in [1.54, 1.807) is 0 Å². The van der Waals surface area contributed by atoms with Gasteiger partial charge in [0.1, 0.15) is 11.5 Å². The summed E-state index contributed by atoms with van der Waals surface area (Å²) in [4.78, 5) is 11.8. The first-order chi connectivity index (χ1) is 10.9. The molecule has 1 aromatic carbocycles. The number of nitrogens with one attached hydrogen (secondary N) is 1. The summed E-state index contributed by atoms with van der Waals surface area (Å²) >= 11 is 0. The Hall–Kier alpha value is -2.49. The van der Waals surface area contributed by atoms with Gasteiger partial charge in [-0.25, -0.2) is 9.07 Å². The van der Waals surface area contributed by atoms with E-state index in [0.717, 1.165) is 12.1 Å². The SMILES string of the molecule is O=C(NCCCO)c1nnn(-c2ccccc2F)c1C(F)(F)F. The fourth-order valence-electron chi connectivity index (χ4n) is 1.85. The van der Waals surface area contributed by atoms with Crippen molar-refractivity contribution in [3.05, 3.63) is 41.5 Å². The van der Waals surface area contributed by atoms with Crippen LogP contribution in [0.15, 0.2) is 24.3 Å². The smallest absolute Gasteiger partial charge is 0.396 e. The second-order valence-electron chi connectivity index (χ2n) is 4.48. The van der Waals surface area contributed by atoms with E-state index in [0.29, 0.717) is 0 Å². The number of aliphatic hydroxyl groups is 1. The molecule has 0 radical (unpaired) electrons. The number of aromatic nitrogens is 3. The first-order valence-electron chi connectivity index (χ1n) is 6.53. The van der Waals surface area contributed by atoms with Crippen LogP contribution in [-0.4, -0.2) is 39.2 Å². The lowest BCUT2D eigenvalue weighted by atomic mass is 10.2. The Morgan fingerprint density at radius 1 is 1.30 bits per heavy atom. The molecular formula is C13H12F4N4O2. The maximum absolute atomic E-state index is 13.7. The molecule has 0 bridgehead atoms. The van der Waals surface area contributed by atoms with E-state index in [2.05, 4.69) is 15.6 Å². The van der Waals surface area contributed by atoms with Crippen molar-refractivity contribution in [2.75, 3.05) is 13.2 Å². The topological polar surface area (TPSA) is 80.0 Å². The maximum atomic E-state index is 13.7. The number of para-hydroxylation sites is 1. The molecule has 0 fully saturated rings. The van der Waals surface area contributed by atoms with E-state index in [1.165, 1.54) is 12.1 Å². The zero-order chi connectivity index (χ0) is 17.0. The summed E-state index contributed by atoms with van der Waals surface area (Å²) in [6.45, 7) is -0.256. The van der Waals surface area contributed by atoms with Crippen molar-refractivity contribution in [1.82, 2.24) is 20.3 Å². The van der Waals surface area contributed by atoms with Gasteiger partial charge in [0, 0.05) is 13.2 Å². The lowest BCUT2D eigenvalue weighted by Gasteiger charge is -2.11. The Labute approximate surface area is 127 Å². The summed E-state index contributed by atoms with van der Waals surface area (Å²) in [5.41, 5.74) is -2.90. The minimum Gasteiger partial charge on any atom is -0.396 e. The second-order valence-corrected chi connectivity index (χ2v) is 4.48. The standard InChI is InChI=1S/C13H12F4N4O2/c14-8-4-1-2-5-9(8)21-11(13(15,16)17)10(19-20-21)12(23)18-6-3-7-22/h1-2,4-5,22H,3,6-7H2,(H,18,23). The van der Waals surface area contributed by atoms with E-state index in [1.807, 2.05) is 0 Å². The molecule has 1 aromatic heterocycles. The summed E-state index contributed by atoms with van der Waals surface area (Å²) in [6, 6.07) is 4.71. The number of aliphatic hydroxyl groups excluding tert-OH is 1. The van der Waals surface area contributed by atoms with Crippen molar-refractivity contribution in [1.29, 1.82) is 0 Å². The van der Waals surface area contributed by atoms with Gasteiger partial charge in [-0.15, -0.1) is 5.10 Å². The number of amides is 1. The highest BCUT2D eigenvalue weighted by molar-refractivity contribution is 5.93. The van der Waals surface area contributed by atoms with E-state index in [-0.39, 0.29) is 24.3 Å². The third kappa shape index (κ3) is 3.65. The van der Waals surface area contributed by atoms with Crippen LogP contribution in [0, 0.1) is 5.82 Å². The van der Waals surface area contributed by atoms with Crippen molar-refractivity contribution < 1.29 is 27.5 Å². The molecule has 0 aliphatic rings. The van der Waals surface area contributed by atoms with Crippen molar-refractivity contribution in [2.45, 2.75) is 12.6 Å². The fraction of sp³-hybridized carbons (Fsp3) is 0.308. The first-order valence-corrected chi connectivity index (χ1v) is 6.53. The average molecular weight is 332 g/mol. The van der Waals surface area contributed by atoms with Gasteiger partial charge in [-0.3, -0.25) is 4.79 Å². The minimum absolute atomic E-state index is 0.0286. The van der Waals surface area contributed by atoms with Gasteiger partial charge >= 0.3 is 6.18 Å². The zero-order valence-electron chi connectivity index (χ0n) is 11.6. The molecule has 0 saturated carbocycles. The summed E-state index contributed by atoms with van der Waals surface area (Å²) in [5.74, 6) is -2.04. The largest absolute Gasteiger partial charge is 0.435 e. The first kappa shape index (κ1) is 16.9. The fourth-order valence-corrected chi connectivity index (χ4v) is 1.85. The van der Waals surface area contributed by atoms with Gasteiger partial charge in [0.05, 0.1) is 0 Å². The lowest BCUT2D eigenvalue weighted by Crippen LogP contribution is -2.28. The van der Waals surface area contributed by atoms with Crippen LogP contribution < -0.4 is 5.32 Å². The maximum Gasteiger partial charge on any atom is 0.435 e. The van der Waals surface area contributed by atoms with Crippen molar-refractivity contribution in [3.63, 3.8) is 0 Å². The number of benzene rings is 1. The molecule has 124 valence electrons. The van der Waals surface area contributed by atoms with Crippen molar-refractivity contribution in [3.8, 4) is 5.69 Å². The van der Waals surface area contributed by atoms with Crippen LogP contribution >= 0.6 is 0 Å². The summed E-state index contributed by atoms with van der Waals surface area (Å²) in [7, 11) is 0. The molecule has 0 spiro atoms. The molecule has 1 heterocycles. The highest BCUT2D eigenvalue weighted by Gasteiger charge is 2.42. The molecule has 2 aromatic rings. The Morgan fingerprint density at radius 3 is 2.61 bits per heavy atom. The molecule has 1 amide bonds. The number of halogens is 4. The van der Waals surface area contributed by atoms with Gasteiger partial charge < -0.3 is 10.4 Å². The van der Waals surface area contributed by atoms with Crippen LogP contribution in [0.3, 0.4) is 0 Å². The average Bonchev–Trinajstić information content (AvgIpc) is 2.93. The Bertz CT molecular complexity index is 700. The van der Waals surface area contributed by atoms with Crippen LogP contribution in [-0.2, 0) is 6.18 Å². The second kappa shape index (κ2) is 6.73. The molecular weight excluding hydrogens is 320 g/mol. The highest BCUT2D eigenvalue weighted by atomic mass is 19.4. The molecule has 0 saturated heterocycles. The van der Waals surface area contributed by atoms with Gasteiger partial charge in [0.25, 0.3) is 5.91 Å². The minimum atomic E-state index is -4.96. The van der Waals surface area contributed by atoms with E-state index in [4.69, 9.17) is 5.11 Å². The van der Waals surface area contributed by atoms with Gasteiger partial charge in [0.2, 0.25) is 0 Å². The number of carbonyl (C=O) groups excluding carboxylic acids is 1. The summed E-state index contributed by atoms with van der Waals surface area (Å²) < 4.78 is 53.8. The molecule has 0 aliphatic heterocycles. The lowest BCUT2D eigenvalue weighted by molar-refractivity contribution is -0.143. The third-order valence-corrected chi connectivity index (χ3v) is 2.85. The van der Waals surface area contributed by atoms with E-state index in [9.17, 15) is 22.4 Å². The molecule has 23 heavy (non-hydrogen) atoms. The molecule has 2 rings (SSSR count). The Morgan fingerprint density at radius 2 is 2.00 bits per heavy atom. The molecule has 0 aliphatic carbocycles. The van der Waals surface area contributed by atoms with Gasteiger partial charge in [-0.2, -0.15) is 13.2 Å². The number of rotatable bonds is 5. The van der Waals surface area contributed by atoms with Crippen LogP contribution in [0.5, 0.6) is 0 Å².